The SMILES string of the molecule is COc1cc(S)ccc1-c1nc2c(c(=O)[nH]1)C(C1CCCCC1)=N2. The number of thiol groups is 1. The van der Waals surface area contributed by atoms with E-state index in [-0.39, 0.29) is 5.56 Å². The van der Waals surface area contributed by atoms with Crippen molar-refractivity contribution in [3.05, 3.63) is 34.1 Å². The summed E-state index contributed by atoms with van der Waals surface area (Å²) in [6, 6.07) is 5.49. The fourth-order valence-electron chi connectivity index (χ4n) is 3.56. The molecule has 5 nitrogen and oxygen atoms in total. The van der Waals surface area contributed by atoms with Crippen LogP contribution in [0.4, 0.5) is 5.82 Å². The number of aromatic amines is 1. The molecule has 1 aliphatic carbocycles. The fourth-order valence-corrected chi connectivity index (χ4v) is 3.76. The van der Waals surface area contributed by atoms with Gasteiger partial charge in [0.2, 0.25) is 0 Å². The van der Waals surface area contributed by atoms with E-state index in [4.69, 9.17) is 4.74 Å². The fraction of sp³-hybridized carbons (Fsp3) is 0.389. The van der Waals surface area contributed by atoms with E-state index in [9.17, 15) is 4.79 Å². The van der Waals surface area contributed by atoms with Crippen molar-refractivity contribution in [1.29, 1.82) is 0 Å². The van der Waals surface area contributed by atoms with Gasteiger partial charge in [0.15, 0.2) is 5.82 Å². The molecule has 0 atom stereocenters. The summed E-state index contributed by atoms with van der Waals surface area (Å²) < 4.78 is 5.38. The minimum absolute atomic E-state index is 0.109. The number of nitrogens with zero attached hydrogens (tertiary/aromatic N) is 2. The number of H-pyrrole nitrogens is 1. The number of methoxy groups -OCH3 is 1. The number of aromatic nitrogens is 2. The van der Waals surface area contributed by atoms with Crippen molar-refractivity contribution in [3.63, 3.8) is 0 Å². The molecule has 124 valence electrons. The number of hydrogen-bond acceptors (Lipinski definition) is 5. The molecule has 2 aliphatic rings. The third-order valence-corrected chi connectivity index (χ3v) is 5.09. The molecule has 0 bridgehead atoms. The van der Waals surface area contributed by atoms with Gasteiger partial charge in [0.05, 0.1) is 18.4 Å². The maximum atomic E-state index is 12.6. The van der Waals surface area contributed by atoms with Gasteiger partial charge in [0.25, 0.3) is 5.56 Å². The quantitative estimate of drug-likeness (QED) is 0.836. The maximum Gasteiger partial charge on any atom is 0.262 e. The summed E-state index contributed by atoms with van der Waals surface area (Å²) in [5, 5.41) is 0. The monoisotopic (exact) mass is 341 g/mol. The molecule has 0 unspecified atom stereocenters. The predicted octanol–water partition coefficient (Wildman–Crippen LogP) is 3.75. The van der Waals surface area contributed by atoms with Crippen LogP contribution in [0.2, 0.25) is 0 Å². The summed E-state index contributed by atoms with van der Waals surface area (Å²) in [5.41, 5.74) is 2.25. The van der Waals surface area contributed by atoms with Crippen molar-refractivity contribution in [2.24, 2.45) is 10.9 Å². The highest BCUT2D eigenvalue weighted by Gasteiger charge is 2.32. The lowest BCUT2D eigenvalue weighted by atomic mass is 9.82. The molecule has 0 amide bonds. The highest BCUT2D eigenvalue weighted by Crippen LogP contribution is 2.37. The van der Waals surface area contributed by atoms with E-state index in [1.165, 1.54) is 19.3 Å². The van der Waals surface area contributed by atoms with Crippen molar-refractivity contribution in [3.8, 4) is 17.1 Å². The first-order valence-electron chi connectivity index (χ1n) is 8.28. The molecule has 24 heavy (non-hydrogen) atoms. The van der Waals surface area contributed by atoms with Crippen LogP contribution in [0.3, 0.4) is 0 Å². The first-order chi connectivity index (χ1) is 11.7. The van der Waals surface area contributed by atoms with Crippen molar-refractivity contribution >= 4 is 24.2 Å². The first-order valence-corrected chi connectivity index (χ1v) is 8.72. The Labute approximate surface area is 145 Å². The van der Waals surface area contributed by atoms with E-state index in [1.807, 2.05) is 12.1 Å². The second-order valence-electron chi connectivity index (χ2n) is 6.33. The van der Waals surface area contributed by atoms with Gasteiger partial charge in [-0.3, -0.25) is 4.79 Å². The van der Waals surface area contributed by atoms with E-state index in [2.05, 4.69) is 27.6 Å². The normalized spacial score (nSPS) is 17.0. The lowest BCUT2D eigenvalue weighted by Crippen LogP contribution is -2.31. The number of benzene rings is 1. The van der Waals surface area contributed by atoms with Crippen LogP contribution in [0.25, 0.3) is 11.4 Å². The molecule has 0 spiro atoms. The Morgan fingerprint density at radius 3 is 2.75 bits per heavy atom. The maximum absolute atomic E-state index is 12.6. The van der Waals surface area contributed by atoms with E-state index in [0.29, 0.717) is 28.9 Å². The molecule has 1 fully saturated rings. The number of rotatable bonds is 3. The summed E-state index contributed by atoms with van der Waals surface area (Å²) in [5.74, 6) is 2.07. The standard InChI is InChI=1S/C18H19N3O2S/c1-23-13-9-11(24)7-8-12(13)16-20-17-14(18(22)21-16)15(19-17)10-5-3-2-4-6-10/h7-10,24H,2-6H2,1H3,(H,19,20,21,22). The molecule has 1 aliphatic heterocycles. The van der Waals surface area contributed by atoms with Crippen LogP contribution in [0, 0.1) is 5.92 Å². The van der Waals surface area contributed by atoms with Crippen LogP contribution in [-0.4, -0.2) is 22.8 Å². The number of ether oxygens (including phenoxy) is 1. The lowest BCUT2D eigenvalue weighted by molar-refractivity contribution is 0.415. The zero-order valence-corrected chi connectivity index (χ0v) is 14.4. The van der Waals surface area contributed by atoms with Gasteiger partial charge in [-0.05, 0) is 31.0 Å². The summed E-state index contributed by atoms with van der Waals surface area (Å²) in [7, 11) is 1.59. The average Bonchev–Trinajstić information content (AvgIpc) is 2.57. The Balaban J connectivity index is 1.71. The van der Waals surface area contributed by atoms with Crippen LogP contribution in [0.15, 0.2) is 32.9 Å². The molecule has 6 heteroatoms. The smallest absolute Gasteiger partial charge is 0.262 e. The minimum Gasteiger partial charge on any atom is -0.496 e. The van der Waals surface area contributed by atoms with Gasteiger partial charge in [-0.2, -0.15) is 0 Å². The van der Waals surface area contributed by atoms with Gasteiger partial charge >= 0.3 is 0 Å². The zero-order chi connectivity index (χ0) is 16.7. The van der Waals surface area contributed by atoms with E-state index in [0.717, 1.165) is 29.0 Å². The molecular formula is C18H19N3O2S. The molecular weight excluding hydrogens is 322 g/mol. The molecule has 4 rings (SSSR count). The third kappa shape index (κ3) is 2.55. The Hall–Kier alpha value is -2.08. The largest absolute Gasteiger partial charge is 0.496 e. The molecule has 1 saturated carbocycles. The van der Waals surface area contributed by atoms with Crippen LogP contribution in [-0.2, 0) is 0 Å². The van der Waals surface area contributed by atoms with Crippen molar-refractivity contribution in [2.75, 3.05) is 7.11 Å². The number of nitrogens with one attached hydrogen (secondary N) is 1. The number of fused-ring (bicyclic) bond motifs is 1. The zero-order valence-electron chi connectivity index (χ0n) is 13.5. The van der Waals surface area contributed by atoms with Crippen molar-refractivity contribution < 1.29 is 4.74 Å². The molecule has 0 saturated heterocycles. The van der Waals surface area contributed by atoms with Crippen LogP contribution >= 0.6 is 12.6 Å². The van der Waals surface area contributed by atoms with Crippen LogP contribution in [0.5, 0.6) is 5.75 Å². The Morgan fingerprint density at radius 1 is 1.25 bits per heavy atom. The van der Waals surface area contributed by atoms with Gasteiger partial charge in [0, 0.05) is 10.8 Å². The molecule has 0 radical (unpaired) electrons. The topological polar surface area (TPSA) is 67.3 Å². The van der Waals surface area contributed by atoms with E-state index < -0.39 is 0 Å². The Bertz CT molecular complexity index is 882. The molecule has 2 heterocycles. The highest BCUT2D eigenvalue weighted by atomic mass is 32.1. The second-order valence-corrected chi connectivity index (χ2v) is 6.85. The Morgan fingerprint density at radius 2 is 2.04 bits per heavy atom. The third-order valence-electron chi connectivity index (χ3n) is 4.81. The Kier molecular flexibility index (Phi) is 3.92. The average molecular weight is 341 g/mol. The molecule has 1 aromatic heterocycles. The summed E-state index contributed by atoms with van der Waals surface area (Å²) >= 11 is 4.31. The van der Waals surface area contributed by atoms with Gasteiger partial charge in [-0.1, -0.05) is 19.3 Å². The number of hydrogen-bond donors (Lipinski definition) is 2. The molecule has 1 aromatic carbocycles. The van der Waals surface area contributed by atoms with Crippen molar-refractivity contribution in [1.82, 2.24) is 9.97 Å². The second kappa shape index (κ2) is 6.09. The number of aliphatic imine (C=N–C) groups is 1. The summed E-state index contributed by atoms with van der Waals surface area (Å²) in [4.78, 5) is 25.3. The van der Waals surface area contributed by atoms with Gasteiger partial charge < -0.3 is 9.72 Å². The van der Waals surface area contributed by atoms with Gasteiger partial charge in [-0.25, -0.2) is 9.98 Å². The summed E-state index contributed by atoms with van der Waals surface area (Å²) in [6.07, 6.45) is 5.96. The van der Waals surface area contributed by atoms with E-state index in [1.54, 1.807) is 13.2 Å². The predicted molar refractivity (Wildman–Crippen MR) is 96.9 cm³/mol. The summed E-state index contributed by atoms with van der Waals surface area (Å²) in [6.45, 7) is 0. The lowest BCUT2D eigenvalue weighted by Gasteiger charge is -2.27. The minimum atomic E-state index is -0.109. The van der Waals surface area contributed by atoms with Gasteiger partial charge in [-0.15, -0.1) is 12.6 Å². The van der Waals surface area contributed by atoms with Crippen LogP contribution in [0.1, 0.15) is 37.7 Å². The van der Waals surface area contributed by atoms with Crippen molar-refractivity contribution in [2.45, 2.75) is 37.0 Å². The molecule has 1 N–H and O–H groups in total. The van der Waals surface area contributed by atoms with Crippen LogP contribution < -0.4 is 10.3 Å². The molecule has 2 aromatic rings. The first kappa shape index (κ1) is 15.4. The van der Waals surface area contributed by atoms with E-state index >= 15 is 0 Å². The van der Waals surface area contributed by atoms with Gasteiger partial charge in [0.1, 0.15) is 17.1 Å². The highest BCUT2D eigenvalue weighted by molar-refractivity contribution is 7.80.